The highest BCUT2D eigenvalue weighted by molar-refractivity contribution is 4.84. The van der Waals surface area contributed by atoms with Crippen molar-refractivity contribution in [2.75, 3.05) is 32.8 Å². The van der Waals surface area contributed by atoms with Gasteiger partial charge in [0, 0.05) is 19.5 Å². The van der Waals surface area contributed by atoms with Crippen molar-refractivity contribution in [1.82, 2.24) is 4.90 Å². The van der Waals surface area contributed by atoms with Crippen molar-refractivity contribution >= 4 is 0 Å². The summed E-state index contributed by atoms with van der Waals surface area (Å²) in [6.45, 7) is 3.91. The summed E-state index contributed by atoms with van der Waals surface area (Å²) in [5.41, 5.74) is 0. The van der Waals surface area contributed by atoms with Crippen molar-refractivity contribution in [3.8, 4) is 12.3 Å². The largest absolute Gasteiger partial charge is 0.394 e. The lowest BCUT2D eigenvalue weighted by Crippen LogP contribution is -2.37. The summed E-state index contributed by atoms with van der Waals surface area (Å²) in [5.74, 6) is 2.66. The number of aliphatic hydroxyl groups excluding tert-OH is 1. The molecule has 0 unspecified atom stereocenters. The van der Waals surface area contributed by atoms with Crippen molar-refractivity contribution in [3.05, 3.63) is 0 Å². The Morgan fingerprint density at radius 2 is 2.13 bits per heavy atom. The van der Waals surface area contributed by atoms with Crippen LogP contribution in [-0.2, 0) is 4.74 Å². The molecule has 15 heavy (non-hydrogen) atoms. The van der Waals surface area contributed by atoms with E-state index in [1.807, 2.05) is 0 Å². The van der Waals surface area contributed by atoms with Gasteiger partial charge < -0.3 is 14.7 Å². The Hall–Kier alpha value is -0.560. The second-order valence-corrected chi connectivity index (χ2v) is 3.94. The van der Waals surface area contributed by atoms with E-state index in [2.05, 4.69) is 10.8 Å². The minimum Gasteiger partial charge on any atom is -0.394 e. The van der Waals surface area contributed by atoms with Crippen LogP contribution in [0, 0.1) is 12.3 Å². The molecule has 1 aliphatic rings. The number of nitrogens with zero attached hydrogens (tertiary/aromatic N) is 1. The zero-order chi connectivity index (χ0) is 10.9. The molecule has 1 heterocycles. The molecule has 0 aliphatic carbocycles. The smallest absolute Gasteiger partial charge is 0.0701 e. The minimum atomic E-state index is 0.127. The van der Waals surface area contributed by atoms with E-state index in [9.17, 15) is 0 Å². The highest BCUT2D eigenvalue weighted by atomic mass is 16.5. The van der Waals surface area contributed by atoms with Crippen LogP contribution < -0.4 is 0 Å². The first-order valence-corrected chi connectivity index (χ1v) is 5.75. The fourth-order valence-corrected chi connectivity index (χ4v) is 1.92. The highest BCUT2D eigenvalue weighted by Crippen LogP contribution is 2.13. The predicted molar refractivity (Wildman–Crippen MR) is 60.6 cm³/mol. The van der Waals surface area contributed by atoms with Crippen LogP contribution in [0.5, 0.6) is 0 Å². The zero-order valence-electron chi connectivity index (χ0n) is 9.32. The van der Waals surface area contributed by atoms with Gasteiger partial charge in [0.25, 0.3) is 0 Å². The third-order valence-corrected chi connectivity index (χ3v) is 2.77. The Morgan fingerprint density at radius 1 is 1.40 bits per heavy atom. The van der Waals surface area contributed by atoms with E-state index in [1.54, 1.807) is 0 Å². The lowest BCUT2D eigenvalue weighted by Gasteiger charge is -2.31. The average molecular weight is 211 g/mol. The molecule has 1 fully saturated rings. The van der Waals surface area contributed by atoms with Gasteiger partial charge in [-0.05, 0) is 25.8 Å². The number of unbranched alkanes of at least 4 members (excludes halogenated alkanes) is 1. The second kappa shape index (κ2) is 7.70. The molecule has 0 radical (unpaired) electrons. The van der Waals surface area contributed by atoms with Gasteiger partial charge in [0.15, 0.2) is 0 Å². The second-order valence-electron chi connectivity index (χ2n) is 3.94. The van der Waals surface area contributed by atoms with Crippen molar-refractivity contribution in [1.29, 1.82) is 0 Å². The molecule has 0 atom stereocenters. The molecule has 1 aliphatic heterocycles. The number of rotatable bonds is 6. The molecule has 0 aromatic carbocycles. The van der Waals surface area contributed by atoms with Crippen LogP contribution in [0.1, 0.15) is 25.7 Å². The SMILES string of the molecule is C#CCCCN1CCC(OCCO)CC1. The molecule has 1 N–H and O–H groups in total. The Labute approximate surface area is 92.4 Å². The average Bonchev–Trinajstić information content (AvgIpc) is 2.28. The fourth-order valence-electron chi connectivity index (χ4n) is 1.92. The first kappa shape index (κ1) is 12.5. The highest BCUT2D eigenvalue weighted by Gasteiger charge is 2.18. The summed E-state index contributed by atoms with van der Waals surface area (Å²) in [4.78, 5) is 2.44. The normalized spacial score (nSPS) is 18.9. The van der Waals surface area contributed by atoms with Crippen molar-refractivity contribution < 1.29 is 9.84 Å². The summed E-state index contributed by atoms with van der Waals surface area (Å²) >= 11 is 0. The van der Waals surface area contributed by atoms with Crippen LogP contribution in [-0.4, -0.2) is 49.0 Å². The lowest BCUT2D eigenvalue weighted by molar-refractivity contribution is -0.00774. The molecule has 0 spiro atoms. The van der Waals surface area contributed by atoms with Gasteiger partial charge in [-0.3, -0.25) is 0 Å². The van der Waals surface area contributed by atoms with Crippen molar-refractivity contribution in [2.45, 2.75) is 31.8 Å². The number of terminal acetylenes is 1. The molecular formula is C12H21NO2. The fraction of sp³-hybridized carbons (Fsp3) is 0.833. The van der Waals surface area contributed by atoms with Crippen LogP contribution in [0.25, 0.3) is 0 Å². The van der Waals surface area contributed by atoms with Gasteiger partial charge in [-0.15, -0.1) is 12.3 Å². The molecule has 3 nitrogen and oxygen atoms in total. The molecule has 1 rings (SSSR count). The van der Waals surface area contributed by atoms with Gasteiger partial charge in [0.2, 0.25) is 0 Å². The van der Waals surface area contributed by atoms with Crippen LogP contribution in [0.3, 0.4) is 0 Å². The zero-order valence-corrected chi connectivity index (χ0v) is 9.32. The Morgan fingerprint density at radius 3 is 2.73 bits per heavy atom. The number of hydrogen-bond acceptors (Lipinski definition) is 3. The quantitative estimate of drug-likeness (QED) is 0.523. The summed E-state index contributed by atoms with van der Waals surface area (Å²) in [6, 6.07) is 0. The van der Waals surface area contributed by atoms with Gasteiger partial charge in [0.1, 0.15) is 0 Å². The summed E-state index contributed by atoms with van der Waals surface area (Å²) in [5, 5.41) is 8.64. The topological polar surface area (TPSA) is 32.7 Å². The molecule has 1 saturated heterocycles. The van der Waals surface area contributed by atoms with E-state index in [0.717, 1.165) is 45.3 Å². The van der Waals surface area contributed by atoms with E-state index in [4.69, 9.17) is 16.3 Å². The van der Waals surface area contributed by atoms with E-state index in [0.29, 0.717) is 12.7 Å². The van der Waals surface area contributed by atoms with Crippen molar-refractivity contribution in [2.24, 2.45) is 0 Å². The minimum absolute atomic E-state index is 0.127. The van der Waals surface area contributed by atoms with E-state index >= 15 is 0 Å². The number of piperidine rings is 1. The molecule has 0 aromatic heterocycles. The molecular weight excluding hydrogens is 190 g/mol. The molecule has 0 amide bonds. The predicted octanol–water partition coefficient (Wildman–Crippen LogP) is 0.873. The lowest BCUT2D eigenvalue weighted by atomic mass is 10.1. The monoisotopic (exact) mass is 211 g/mol. The van der Waals surface area contributed by atoms with E-state index in [1.165, 1.54) is 0 Å². The van der Waals surface area contributed by atoms with Gasteiger partial charge in [-0.1, -0.05) is 0 Å². The molecule has 0 saturated carbocycles. The first-order chi connectivity index (χ1) is 7.36. The molecule has 3 heteroatoms. The van der Waals surface area contributed by atoms with Crippen LogP contribution >= 0.6 is 0 Å². The van der Waals surface area contributed by atoms with E-state index in [-0.39, 0.29) is 6.61 Å². The third kappa shape index (κ3) is 5.17. The van der Waals surface area contributed by atoms with Gasteiger partial charge in [0.05, 0.1) is 19.3 Å². The van der Waals surface area contributed by atoms with E-state index < -0.39 is 0 Å². The summed E-state index contributed by atoms with van der Waals surface area (Å²) < 4.78 is 5.50. The maximum atomic E-state index is 8.64. The molecule has 0 aromatic rings. The maximum absolute atomic E-state index is 8.64. The first-order valence-electron chi connectivity index (χ1n) is 5.75. The summed E-state index contributed by atoms with van der Waals surface area (Å²) in [7, 11) is 0. The van der Waals surface area contributed by atoms with Crippen LogP contribution in [0.4, 0.5) is 0 Å². The Balaban J connectivity index is 2.05. The molecule has 86 valence electrons. The number of aliphatic hydroxyl groups is 1. The van der Waals surface area contributed by atoms with Crippen molar-refractivity contribution in [3.63, 3.8) is 0 Å². The Kier molecular flexibility index (Phi) is 6.42. The number of ether oxygens (including phenoxy) is 1. The standard InChI is InChI=1S/C12H21NO2/c1-2-3-4-7-13-8-5-12(6-9-13)15-11-10-14/h1,12,14H,3-11H2. The number of likely N-dealkylation sites (tertiary alicyclic amines) is 1. The third-order valence-electron chi connectivity index (χ3n) is 2.77. The summed E-state index contributed by atoms with van der Waals surface area (Å²) in [6.07, 6.45) is 9.69. The van der Waals surface area contributed by atoms with Crippen LogP contribution in [0.15, 0.2) is 0 Å². The van der Waals surface area contributed by atoms with Gasteiger partial charge in [-0.25, -0.2) is 0 Å². The van der Waals surface area contributed by atoms with Crippen LogP contribution in [0.2, 0.25) is 0 Å². The molecule has 0 bridgehead atoms. The van der Waals surface area contributed by atoms with Gasteiger partial charge in [-0.2, -0.15) is 0 Å². The Bertz CT molecular complexity index is 192. The van der Waals surface area contributed by atoms with Gasteiger partial charge >= 0.3 is 0 Å². The number of hydrogen-bond donors (Lipinski definition) is 1. The maximum Gasteiger partial charge on any atom is 0.0701 e.